The molecule has 0 atom stereocenters. The number of fused-ring (bicyclic) bond motifs is 1. The summed E-state index contributed by atoms with van der Waals surface area (Å²) in [5.74, 6) is -1.05. The first-order chi connectivity index (χ1) is 12.6. The molecule has 0 unspecified atom stereocenters. The predicted molar refractivity (Wildman–Crippen MR) is 104 cm³/mol. The maximum Gasteiger partial charge on any atom is 0.235 e. The van der Waals surface area contributed by atoms with E-state index in [1.165, 1.54) is 6.07 Å². The molecule has 1 aliphatic carbocycles. The number of carbonyl (C=O) groups is 1. The van der Waals surface area contributed by atoms with Crippen LogP contribution >= 0.6 is 12.4 Å². The van der Waals surface area contributed by atoms with Gasteiger partial charge in [0.05, 0.1) is 11.1 Å². The molecule has 1 amide bonds. The highest BCUT2D eigenvalue weighted by Gasteiger charge is 2.44. The Balaban J connectivity index is 0.00000210. The summed E-state index contributed by atoms with van der Waals surface area (Å²) in [6.45, 7) is 1.36. The second kappa shape index (κ2) is 7.95. The molecule has 1 saturated carbocycles. The molecule has 2 N–H and O–H groups in total. The molecule has 2 aromatic rings. The lowest BCUT2D eigenvalue weighted by Gasteiger charge is -2.29. The molecular formula is C21H23ClF2N2O. The summed E-state index contributed by atoms with van der Waals surface area (Å²) < 4.78 is 29.3. The summed E-state index contributed by atoms with van der Waals surface area (Å²) >= 11 is 0. The Kier molecular flexibility index (Phi) is 5.82. The van der Waals surface area contributed by atoms with Crippen LogP contribution in [0, 0.1) is 11.6 Å². The number of halogens is 3. The molecule has 0 spiro atoms. The monoisotopic (exact) mass is 392 g/mol. The molecule has 1 aliphatic heterocycles. The van der Waals surface area contributed by atoms with E-state index in [1.807, 2.05) is 6.07 Å². The molecule has 0 bridgehead atoms. The van der Waals surface area contributed by atoms with Gasteiger partial charge in [-0.25, -0.2) is 8.78 Å². The van der Waals surface area contributed by atoms with E-state index >= 15 is 0 Å². The molecule has 0 aromatic heterocycles. The first-order valence-corrected chi connectivity index (χ1v) is 9.19. The Hall–Kier alpha value is -1.98. The van der Waals surface area contributed by atoms with Gasteiger partial charge in [-0.2, -0.15) is 0 Å². The lowest BCUT2D eigenvalue weighted by Crippen LogP contribution is -2.39. The van der Waals surface area contributed by atoms with Crippen LogP contribution < -0.4 is 10.6 Å². The fourth-order valence-corrected chi connectivity index (χ4v) is 4.32. The Morgan fingerprint density at radius 3 is 2.56 bits per heavy atom. The van der Waals surface area contributed by atoms with Crippen molar-refractivity contribution in [1.82, 2.24) is 5.32 Å². The van der Waals surface area contributed by atoms with Crippen LogP contribution in [0.1, 0.15) is 42.4 Å². The van der Waals surface area contributed by atoms with Crippen LogP contribution in [-0.2, 0) is 23.2 Å². The lowest BCUT2D eigenvalue weighted by molar-refractivity contribution is -0.121. The molecule has 2 aliphatic rings. The second-order valence-electron chi connectivity index (χ2n) is 7.21. The van der Waals surface area contributed by atoms with Crippen molar-refractivity contribution in [2.45, 2.75) is 44.1 Å². The molecule has 1 fully saturated rings. The summed E-state index contributed by atoms with van der Waals surface area (Å²) in [5.41, 5.74) is 1.27. The second-order valence-corrected chi connectivity index (χ2v) is 7.21. The zero-order chi connectivity index (χ0) is 18.1. The van der Waals surface area contributed by atoms with Gasteiger partial charge in [-0.05, 0) is 49.1 Å². The van der Waals surface area contributed by atoms with Crippen molar-refractivity contribution in [3.63, 3.8) is 0 Å². The van der Waals surface area contributed by atoms with Crippen molar-refractivity contribution in [3.8, 4) is 0 Å². The maximum absolute atomic E-state index is 14.9. The first-order valence-electron chi connectivity index (χ1n) is 9.19. The molecule has 0 saturated heterocycles. The summed E-state index contributed by atoms with van der Waals surface area (Å²) in [6.07, 6.45) is 3.48. The molecular weight excluding hydrogens is 370 g/mol. The van der Waals surface area contributed by atoms with Crippen LogP contribution in [-0.4, -0.2) is 12.5 Å². The fourth-order valence-electron chi connectivity index (χ4n) is 4.32. The number of benzene rings is 2. The van der Waals surface area contributed by atoms with E-state index in [0.717, 1.165) is 24.9 Å². The van der Waals surface area contributed by atoms with E-state index in [1.54, 1.807) is 24.3 Å². The van der Waals surface area contributed by atoms with Crippen molar-refractivity contribution in [2.24, 2.45) is 0 Å². The van der Waals surface area contributed by atoms with Gasteiger partial charge in [0.25, 0.3) is 0 Å². The van der Waals surface area contributed by atoms with Crippen molar-refractivity contribution in [2.75, 3.05) is 11.9 Å². The van der Waals surface area contributed by atoms with E-state index in [0.29, 0.717) is 36.9 Å². The number of anilines is 1. The van der Waals surface area contributed by atoms with E-state index < -0.39 is 5.41 Å². The molecule has 2 aromatic carbocycles. The van der Waals surface area contributed by atoms with E-state index in [9.17, 15) is 13.6 Å². The third-order valence-electron chi connectivity index (χ3n) is 5.74. The van der Waals surface area contributed by atoms with E-state index in [2.05, 4.69) is 10.6 Å². The number of amides is 1. The van der Waals surface area contributed by atoms with Gasteiger partial charge in [0.2, 0.25) is 5.91 Å². The summed E-state index contributed by atoms with van der Waals surface area (Å²) in [4.78, 5) is 13.2. The summed E-state index contributed by atoms with van der Waals surface area (Å²) in [6, 6.07) is 9.90. The third kappa shape index (κ3) is 3.46. The van der Waals surface area contributed by atoms with Gasteiger partial charge in [0, 0.05) is 12.1 Å². The molecule has 6 heteroatoms. The molecule has 0 radical (unpaired) electrons. The van der Waals surface area contributed by atoms with Gasteiger partial charge < -0.3 is 10.6 Å². The Morgan fingerprint density at radius 1 is 1.07 bits per heavy atom. The average Bonchev–Trinajstić information content (AvgIpc) is 3.15. The number of carbonyl (C=O) groups excluding carboxylic acids is 1. The van der Waals surface area contributed by atoms with Crippen LogP contribution in [0.5, 0.6) is 0 Å². The van der Waals surface area contributed by atoms with Crippen LogP contribution in [0.15, 0.2) is 36.4 Å². The Bertz CT molecular complexity index is 850. The minimum absolute atomic E-state index is 0. The van der Waals surface area contributed by atoms with Crippen molar-refractivity contribution in [1.29, 1.82) is 0 Å². The minimum atomic E-state index is -0.921. The Labute approximate surface area is 164 Å². The topological polar surface area (TPSA) is 41.1 Å². The number of hydrogen-bond acceptors (Lipinski definition) is 2. The molecule has 27 heavy (non-hydrogen) atoms. The smallest absolute Gasteiger partial charge is 0.235 e. The highest BCUT2D eigenvalue weighted by molar-refractivity contribution is 5.99. The summed E-state index contributed by atoms with van der Waals surface area (Å²) in [7, 11) is 0. The zero-order valence-corrected chi connectivity index (χ0v) is 15.8. The van der Waals surface area contributed by atoms with Crippen molar-refractivity contribution < 1.29 is 13.6 Å². The van der Waals surface area contributed by atoms with Gasteiger partial charge in [0.1, 0.15) is 11.6 Å². The summed E-state index contributed by atoms with van der Waals surface area (Å²) in [5, 5.41) is 5.98. The van der Waals surface area contributed by atoms with Gasteiger partial charge in [-0.3, -0.25) is 4.79 Å². The zero-order valence-electron chi connectivity index (χ0n) is 15.0. The predicted octanol–water partition coefficient (Wildman–Crippen LogP) is 4.48. The molecule has 3 nitrogen and oxygen atoms in total. The Morgan fingerprint density at radius 2 is 1.81 bits per heavy atom. The SMILES string of the molecule is Cl.O=C(Nc1ccc2c(c1F)CCNC2)C1(c2ccccc2F)CCCC1. The van der Waals surface area contributed by atoms with Gasteiger partial charge in [-0.1, -0.05) is 37.1 Å². The van der Waals surface area contributed by atoms with Crippen LogP contribution in [0.4, 0.5) is 14.5 Å². The average molecular weight is 393 g/mol. The number of hydrogen-bond donors (Lipinski definition) is 2. The lowest BCUT2D eigenvalue weighted by atomic mass is 9.77. The minimum Gasteiger partial charge on any atom is -0.323 e. The maximum atomic E-state index is 14.9. The van der Waals surface area contributed by atoms with E-state index in [4.69, 9.17) is 0 Å². The highest BCUT2D eigenvalue weighted by Crippen LogP contribution is 2.43. The first kappa shape index (κ1) is 19.8. The number of nitrogens with one attached hydrogen (secondary N) is 2. The third-order valence-corrected chi connectivity index (χ3v) is 5.74. The molecule has 144 valence electrons. The number of rotatable bonds is 3. The van der Waals surface area contributed by atoms with Crippen molar-refractivity contribution in [3.05, 3.63) is 64.7 Å². The van der Waals surface area contributed by atoms with Crippen LogP contribution in [0.2, 0.25) is 0 Å². The van der Waals surface area contributed by atoms with Crippen LogP contribution in [0.25, 0.3) is 0 Å². The quantitative estimate of drug-likeness (QED) is 0.808. The largest absolute Gasteiger partial charge is 0.323 e. The molecule has 4 rings (SSSR count). The normalized spacial score (nSPS) is 17.7. The fraction of sp³-hybridized carbons (Fsp3) is 0.381. The van der Waals surface area contributed by atoms with Crippen molar-refractivity contribution >= 4 is 24.0 Å². The standard InChI is InChI=1S/C21H22F2N2O.ClH/c22-17-6-2-1-5-16(17)21(10-3-4-11-21)20(26)25-18-8-7-14-13-24-12-9-15(14)19(18)23;/h1-2,5-8,24H,3-4,9-13H2,(H,25,26);1H. The van der Waals surface area contributed by atoms with Gasteiger partial charge in [-0.15, -0.1) is 12.4 Å². The molecule has 1 heterocycles. The van der Waals surface area contributed by atoms with E-state index in [-0.39, 0.29) is 35.6 Å². The highest BCUT2D eigenvalue weighted by atomic mass is 35.5. The van der Waals surface area contributed by atoms with Gasteiger partial charge in [0.15, 0.2) is 0 Å². The van der Waals surface area contributed by atoms with Gasteiger partial charge >= 0.3 is 0 Å². The van der Waals surface area contributed by atoms with Crippen LogP contribution in [0.3, 0.4) is 0 Å².